The summed E-state index contributed by atoms with van der Waals surface area (Å²) < 4.78 is 6.16. The van der Waals surface area contributed by atoms with Gasteiger partial charge in [0.15, 0.2) is 0 Å². The van der Waals surface area contributed by atoms with Crippen molar-refractivity contribution in [1.82, 2.24) is 10.2 Å². The van der Waals surface area contributed by atoms with Gasteiger partial charge < -0.3 is 15.1 Å². The number of nitrogens with one attached hydrogen (secondary N) is 2. The molecular weight excluding hydrogens is 410 g/mol. The summed E-state index contributed by atoms with van der Waals surface area (Å²) in [6.07, 6.45) is 3.35. The Morgan fingerprint density at radius 2 is 1.76 bits per heavy atom. The van der Waals surface area contributed by atoms with Crippen LogP contribution in [0.3, 0.4) is 0 Å². The predicted octanol–water partition coefficient (Wildman–Crippen LogP) is 5.16. The quantitative estimate of drug-likeness (QED) is 0.409. The van der Waals surface area contributed by atoms with Crippen LogP contribution in [0.5, 0.6) is 0 Å². The number of hydrogen-bond acceptors (Lipinski definition) is 4. The number of para-hydroxylation sites is 1. The van der Waals surface area contributed by atoms with Crippen LogP contribution in [0.15, 0.2) is 89.4 Å². The van der Waals surface area contributed by atoms with E-state index in [0.717, 1.165) is 66.3 Å². The Bertz CT molecular complexity index is 1270. The smallest absolute Gasteiger partial charge is 0.248 e. The molecule has 1 amide bonds. The molecule has 166 valence electrons. The van der Waals surface area contributed by atoms with Crippen molar-refractivity contribution >= 4 is 28.6 Å². The van der Waals surface area contributed by atoms with Gasteiger partial charge in [-0.2, -0.15) is 0 Å². The van der Waals surface area contributed by atoms with E-state index in [9.17, 15) is 4.79 Å². The second-order valence-corrected chi connectivity index (χ2v) is 8.29. The number of rotatable bonds is 6. The standard InChI is InChI=1S/C28H27N3O2/c32-28(13-11-21-6-2-1-3-7-21)30-25-9-5-4-8-24(25)27-19-23-18-22(10-12-26(23)33-27)20-31-16-14-29-15-17-31/h1-13,18-19,29H,14-17,20H2,(H,30,32). The Kier molecular flexibility index (Phi) is 6.33. The molecule has 5 heteroatoms. The molecule has 2 heterocycles. The van der Waals surface area contributed by atoms with Gasteiger partial charge in [-0.25, -0.2) is 0 Å². The summed E-state index contributed by atoms with van der Waals surface area (Å²) in [6.45, 7) is 5.17. The van der Waals surface area contributed by atoms with Gasteiger partial charge in [0.05, 0.1) is 5.69 Å². The molecule has 33 heavy (non-hydrogen) atoms. The second kappa shape index (κ2) is 9.86. The highest BCUT2D eigenvalue weighted by Crippen LogP contribution is 2.33. The first-order valence-corrected chi connectivity index (χ1v) is 11.3. The molecule has 0 bridgehead atoms. The van der Waals surface area contributed by atoms with Crippen molar-refractivity contribution in [2.75, 3.05) is 31.5 Å². The van der Waals surface area contributed by atoms with Gasteiger partial charge in [0.1, 0.15) is 11.3 Å². The lowest BCUT2D eigenvalue weighted by molar-refractivity contribution is -0.111. The van der Waals surface area contributed by atoms with Gasteiger partial charge in [0.25, 0.3) is 0 Å². The molecule has 0 aliphatic carbocycles. The van der Waals surface area contributed by atoms with Crippen molar-refractivity contribution in [1.29, 1.82) is 0 Å². The van der Waals surface area contributed by atoms with Crippen LogP contribution in [0.4, 0.5) is 5.69 Å². The maximum atomic E-state index is 12.5. The predicted molar refractivity (Wildman–Crippen MR) is 134 cm³/mol. The van der Waals surface area contributed by atoms with Crippen LogP contribution >= 0.6 is 0 Å². The van der Waals surface area contributed by atoms with Crippen LogP contribution in [0, 0.1) is 0 Å². The summed E-state index contributed by atoms with van der Waals surface area (Å²) in [5, 5.41) is 7.46. The van der Waals surface area contributed by atoms with Gasteiger partial charge in [-0.15, -0.1) is 0 Å². The zero-order valence-corrected chi connectivity index (χ0v) is 18.5. The summed E-state index contributed by atoms with van der Waals surface area (Å²) in [5.41, 5.74) is 4.69. The van der Waals surface area contributed by atoms with Crippen LogP contribution in [0.1, 0.15) is 11.1 Å². The monoisotopic (exact) mass is 437 g/mol. The fraction of sp³-hybridized carbons (Fsp3) is 0.179. The van der Waals surface area contributed by atoms with Gasteiger partial charge in [-0.1, -0.05) is 48.5 Å². The fourth-order valence-corrected chi connectivity index (χ4v) is 4.17. The van der Waals surface area contributed by atoms with Crippen LogP contribution in [0.2, 0.25) is 0 Å². The number of nitrogens with zero attached hydrogens (tertiary/aromatic N) is 1. The number of piperazine rings is 1. The number of benzene rings is 3. The van der Waals surface area contributed by atoms with E-state index in [0.29, 0.717) is 0 Å². The van der Waals surface area contributed by atoms with E-state index in [1.165, 1.54) is 5.56 Å². The van der Waals surface area contributed by atoms with Crippen LogP contribution in [-0.4, -0.2) is 37.0 Å². The van der Waals surface area contributed by atoms with E-state index in [-0.39, 0.29) is 5.91 Å². The van der Waals surface area contributed by atoms with Gasteiger partial charge in [-0.05, 0) is 47.5 Å². The largest absolute Gasteiger partial charge is 0.456 e. The number of hydrogen-bond donors (Lipinski definition) is 2. The van der Waals surface area contributed by atoms with Gasteiger partial charge in [-0.3, -0.25) is 9.69 Å². The van der Waals surface area contributed by atoms with E-state index in [4.69, 9.17) is 4.42 Å². The number of carbonyl (C=O) groups excluding carboxylic acids is 1. The van der Waals surface area contributed by atoms with Crippen molar-refractivity contribution < 1.29 is 9.21 Å². The van der Waals surface area contributed by atoms with Crippen molar-refractivity contribution in [2.24, 2.45) is 0 Å². The van der Waals surface area contributed by atoms with E-state index >= 15 is 0 Å². The summed E-state index contributed by atoms with van der Waals surface area (Å²) in [6, 6.07) is 25.9. The summed E-state index contributed by atoms with van der Waals surface area (Å²) in [5.74, 6) is 0.563. The molecule has 2 N–H and O–H groups in total. The molecule has 0 spiro atoms. The molecule has 3 aromatic carbocycles. The lowest BCUT2D eigenvalue weighted by atomic mass is 10.1. The molecule has 0 saturated carbocycles. The number of fused-ring (bicyclic) bond motifs is 1. The Hall–Kier alpha value is -3.67. The lowest BCUT2D eigenvalue weighted by Crippen LogP contribution is -2.42. The number of anilines is 1. The van der Waals surface area contributed by atoms with Crippen molar-refractivity contribution in [2.45, 2.75) is 6.54 Å². The zero-order valence-electron chi connectivity index (χ0n) is 18.5. The Morgan fingerprint density at radius 1 is 0.970 bits per heavy atom. The minimum atomic E-state index is -0.180. The lowest BCUT2D eigenvalue weighted by Gasteiger charge is -2.27. The van der Waals surface area contributed by atoms with Crippen molar-refractivity contribution in [3.8, 4) is 11.3 Å². The Labute approximate surface area is 193 Å². The SMILES string of the molecule is O=C(C=Cc1ccccc1)Nc1ccccc1-c1cc2cc(CN3CCNCC3)ccc2o1. The highest BCUT2D eigenvalue weighted by Gasteiger charge is 2.14. The minimum Gasteiger partial charge on any atom is -0.456 e. The molecule has 1 fully saturated rings. The van der Waals surface area contributed by atoms with E-state index in [2.05, 4.69) is 33.7 Å². The van der Waals surface area contributed by atoms with Gasteiger partial charge >= 0.3 is 0 Å². The molecular formula is C28H27N3O2. The molecule has 5 rings (SSSR count). The van der Waals surface area contributed by atoms with E-state index in [1.54, 1.807) is 12.2 Å². The molecule has 1 saturated heterocycles. The first kappa shape index (κ1) is 21.2. The minimum absolute atomic E-state index is 0.180. The third kappa shape index (κ3) is 5.22. The number of amides is 1. The normalized spacial score (nSPS) is 14.7. The highest BCUT2D eigenvalue weighted by molar-refractivity contribution is 6.04. The van der Waals surface area contributed by atoms with Crippen LogP contribution < -0.4 is 10.6 Å². The van der Waals surface area contributed by atoms with Crippen molar-refractivity contribution in [3.63, 3.8) is 0 Å². The first-order chi connectivity index (χ1) is 16.2. The molecule has 1 aliphatic heterocycles. The van der Waals surface area contributed by atoms with E-state index in [1.807, 2.05) is 60.7 Å². The molecule has 1 aliphatic rings. The molecule has 0 radical (unpaired) electrons. The van der Waals surface area contributed by atoms with Crippen LogP contribution in [-0.2, 0) is 11.3 Å². The van der Waals surface area contributed by atoms with Crippen molar-refractivity contribution in [3.05, 3.63) is 96.1 Å². The average Bonchev–Trinajstić information content (AvgIpc) is 3.28. The molecule has 5 nitrogen and oxygen atoms in total. The van der Waals surface area contributed by atoms with Gasteiger partial charge in [0.2, 0.25) is 5.91 Å². The summed E-state index contributed by atoms with van der Waals surface area (Å²) >= 11 is 0. The second-order valence-electron chi connectivity index (χ2n) is 8.29. The Balaban J connectivity index is 1.35. The average molecular weight is 438 g/mol. The van der Waals surface area contributed by atoms with Crippen LogP contribution in [0.25, 0.3) is 28.4 Å². The molecule has 1 aromatic heterocycles. The highest BCUT2D eigenvalue weighted by atomic mass is 16.3. The third-order valence-corrected chi connectivity index (χ3v) is 5.87. The molecule has 4 aromatic rings. The number of carbonyl (C=O) groups is 1. The maximum absolute atomic E-state index is 12.5. The summed E-state index contributed by atoms with van der Waals surface area (Å²) in [7, 11) is 0. The Morgan fingerprint density at radius 3 is 2.61 bits per heavy atom. The maximum Gasteiger partial charge on any atom is 0.248 e. The number of furan rings is 1. The first-order valence-electron chi connectivity index (χ1n) is 11.3. The zero-order chi connectivity index (χ0) is 22.5. The fourth-order valence-electron chi connectivity index (χ4n) is 4.17. The van der Waals surface area contributed by atoms with E-state index < -0.39 is 0 Å². The summed E-state index contributed by atoms with van der Waals surface area (Å²) in [4.78, 5) is 15.0. The third-order valence-electron chi connectivity index (χ3n) is 5.87. The molecule has 0 unspecified atom stereocenters. The molecule has 0 atom stereocenters. The van der Waals surface area contributed by atoms with Gasteiger partial charge in [0, 0.05) is 49.7 Å². The topological polar surface area (TPSA) is 57.5 Å².